The maximum atomic E-state index is 8.70. The van der Waals surface area contributed by atoms with Crippen LogP contribution in [0.25, 0.3) is 0 Å². The van der Waals surface area contributed by atoms with E-state index in [0.29, 0.717) is 5.75 Å². The van der Waals surface area contributed by atoms with Crippen molar-refractivity contribution in [1.82, 2.24) is 0 Å². The molecule has 1 heterocycles. The molecule has 0 bridgehead atoms. The fourth-order valence-electron chi connectivity index (χ4n) is 1.13. The minimum absolute atomic E-state index is 0.0303. The van der Waals surface area contributed by atoms with Crippen LogP contribution in [0.5, 0.6) is 0 Å². The molecule has 0 fully saturated rings. The number of hydrogen-bond acceptors (Lipinski definition) is 4. The summed E-state index contributed by atoms with van der Waals surface area (Å²) >= 11 is 1.62. The maximum absolute atomic E-state index is 8.70. The standard InChI is InChI=1S/C9H15NO2S/c1-7(10)9(13-6-4-11)8-3-2-5-12-8/h2-3,5,7,9,11H,4,6,10H2,1H3. The third-order valence-corrected chi connectivity index (χ3v) is 3.13. The lowest BCUT2D eigenvalue weighted by Crippen LogP contribution is -2.22. The Bertz CT molecular complexity index is 224. The fourth-order valence-corrected chi connectivity index (χ4v) is 2.09. The minimum Gasteiger partial charge on any atom is -0.468 e. The molecule has 74 valence electrons. The largest absolute Gasteiger partial charge is 0.468 e. The second-order valence-electron chi connectivity index (χ2n) is 2.89. The van der Waals surface area contributed by atoms with Gasteiger partial charge in [0.2, 0.25) is 0 Å². The molecule has 0 aromatic carbocycles. The summed E-state index contributed by atoms with van der Waals surface area (Å²) in [5.74, 6) is 1.57. The van der Waals surface area contributed by atoms with Crippen LogP contribution in [-0.4, -0.2) is 23.5 Å². The van der Waals surface area contributed by atoms with Crippen molar-refractivity contribution in [3.8, 4) is 0 Å². The van der Waals surface area contributed by atoms with E-state index >= 15 is 0 Å². The Kier molecular flexibility index (Phi) is 4.35. The molecule has 0 aliphatic rings. The van der Waals surface area contributed by atoms with Gasteiger partial charge in [0, 0.05) is 11.8 Å². The van der Waals surface area contributed by atoms with E-state index in [-0.39, 0.29) is 17.9 Å². The Morgan fingerprint density at radius 2 is 2.46 bits per heavy atom. The quantitative estimate of drug-likeness (QED) is 0.756. The van der Waals surface area contributed by atoms with Crippen molar-refractivity contribution >= 4 is 11.8 Å². The predicted octanol–water partition coefficient (Wildman–Crippen LogP) is 1.39. The molecule has 13 heavy (non-hydrogen) atoms. The van der Waals surface area contributed by atoms with Crippen molar-refractivity contribution in [2.75, 3.05) is 12.4 Å². The molecule has 0 spiro atoms. The van der Waals surface area contributed by atoms with Gasteiger partial charge in [-0.05, 0) is 19.1 Å². The maximum Gasteiger partial charge on any atom is 0.118 e. The monoisotopic (exact) mass is 201 g/mol. The Morgan fingerprint density at radius 1 is 1.69 bits per heavy atom. The highest BCUT2D eigenvalue weighted by Crippen LogP contribution is 2.30. The zero-order valence-corrected chi connectivity index (χ0v) is 8.46. The minimum atomic E-state index is 0.0303. The van der Waals surface area contributed by atoms with Crippen molar-refractivity contribution in [3.05, 3.63) is 24.2 Å². The molecule has 0 saturated heterocycles. The lowest BCUT2D eigenvalue weighted by atomic mass is 10.2. The zero-order chi connectivity index (χ0) is 9.68. The van der Waals surface area contributed by atoms with E-state index in [4.69, 9.17) is 15.3 Å². The summed E-state index contributed by atoms with van der Waals surface area (Å²) in [5.41, 5.74) is 5.81. The van der Waals surface area contributed by atoms with Crippen molar-refractivity contribution < 1.29 is 9.52 Å². The van der Waals surface area contributed by atoms with Gasteiger partial charge in [0.05, 0.1) is 18.1 Å². The first-order chi connectivity index (χ1) is 6.25. The first-order valence-electron chi connectivity index (χ1n) is 4.27. The van der Waals surface area contributed by atoms with E-state index < -0.39 is 0 Å². The van der Waals surface area contributed by atoms with Crippen molar-refractivity contribution in [2.45, 2.75) is 18.2 Å². The van der Waals surface area contributed by atoms with Crippen molar-refractivity contribution in [2.24, 2.45) is 5.73 Å². The summed E-state index contributed by atoms with van der Waals surface area (Å²) in [6.07, 6.45) is 1.64. The van der Waals surface area contributed by atoms with Crippen LogP contribution >= 0.6 is 11.8 Å². The fraction of sp³-hybridized carbons (Fsp3) is 0.556. The van der Waals surface area contributed by atoms with Gasteiger partial charge >= 0.3 is 0 Å². The average Bonchev–Trinajstić information content (AvgIpc) is 2.57. The summed E-state index contributed by atoms with van der Waals surface area (Å²) in [4.78, 5) is 0. The highest BCUT2D eigenvalue weighted by atomic mass is 32.2. The SMILES string of the molecule is CC(N)C(SCCO)c1ccco1. The normalized spacial score (nSPS) is 15.6. The summed E-state index contributed by atoms with van der Waals surface area (Å²) < 4.78 is 5.27. The Hall–Kier alpha value is -0.450. The zero-order valence-electron chi connectivity index (χ0n) is 7.64. The van der Waals surface area contributed by atoms with E-state index in [2.05, 4.69) is 0 Å². The summed E-state index contributed by atoms with van der Waals surface area (Å²) in [6, 6.07) is 3.80. The Labute approximate surface area is 82.3 Å². The van der Waals surface area contributed by atoms with Gasteiger partial charge in [0.25, 0.3) is 0 Å². The van der Waals surface area contributed by atoms with Crippen LogP contribution in [0, 0.1) is 0 Å². The summed E-state index contributed by atoms with van der Waals surface area (Å²) in [6.45, 7) is 2.12. The third-order valence-electron chi connectivity index (χ3n) is 1.69. The smallest absolute Gasteiger partial charge is 0.118 e. The van der Waals surface area contributed by atoms with Crippen molar-refractivity contribution in [3.63, 3.8) is 0 Å². The number of aliphatic hydroxyl groups excluding tert-OH is 1. The number of aliphatic hydroxyl groups is 1. The van der Waals surface area contributed by atoms with Crippen LogP contribution in [0.15, 0.2) is 22.8 Å². The molecular weight excluding hydrogens is 186 g/mol. The molecule has 0 saturated carbocycles. The van der Waals surface area contributed by atoms with E-state index in [1.807, 2.05) is 19.1 Å². The van der Waals surface area contributed by atoms with Gasteiger partial charge in [-0.2, -0.15) is 0 Å². The van der Waals surface area contributed by atoms with Crippen LogP contribution in [0.1, 0.15) is 17.9 Å². The predicted molar refractivity (Wildman–Crippen MR) is 54.6 cm³/mol. The summed E-state index contributed by atoms with van der Waals surface area (Å²) in [5, 5.41) is 8.84. The third kappa shape index (κ3) is 3.06. The first kappa shape index (κ1) is 10.6. The molecule has 3 N–H and O–H groups in total. The van der Waals surface area contributed by atoms with Crippen LogP contribution in [0.3, 0.4) is 0 Å². The van der Waals surface area contributed by atoms with E-state index in [1.165, 1.54) is 0 Å². The van der Waals surface area contributed by atoms with Gasteiger partial charge in [-0.1, -0.05) is 0 Å². The first-order valence-corrected chi connectivity index (χ1v) is 5.32. The van der Waals surface area contributed by atoms with Crippen LogP contribution in [-0.2, 0) is 0 Å². The van der Waals surface area contributed by atoms with Gasteiger partial charge in [-0.25, -0.2) is 0 Å². The average molecular weight is 201 g/mol. The number of nitrogens with two attached hydrogens (primary N) is 1. The molecule has 3 nitrogen and oxygen atoms in total. The van der Waals surface area contributed by atoms with Gasteiger partial charge in [0.1, 0.15) is 5.76 Å². The second kappa shape index (κ2) is 5.32. The number of furan rings is 1. The van der Waals surface area contributed by atoms with E-state index in [0.717, 1.165) is 5.76 Å². The lowest BCUT2D eigenvalue weighted by molar-refractivity contribution is 0.322. The number of thioether (sulfide) groups is 1. The molecule has 4 heteroatoms. The molecule has 1 aromatic rings. The number of hydrogen-bond donors (Lipinski definition) is 2. The molecule has 0 aliphatic heterocycles. The molecule has 0 aliphatic carbocycles. The van der Waals surface area contributed by atoms with Crippen LogP contribution in [0.2, 0.25) is 0 Å². The van der Waals surface area contributed by atoms with Crippen LogP contribution in [0.4, 0.5) is 0 Å². The Morgan fingerprint density at radius 3 is 2.92 bits per heavy atom. The van der Waals surface area contributed by atoms with Gasteiger partial charge in [-0.15, -0.1) is 11.8 Å². The molecule has 0 radical (unpaired) electrons. The van der Waals surface area contributed by atoms with Crippen LogP contribution < -0.4 is 5.73 Å². The van der Waals surface area contributed by atoms with Gasteiger partial charge < -0.3 is 15.3 Å². The lowest BCUT2D eigenvalue weighted by Gasteiger charge is -2.17. The second-order valence-corrected chi connectivity index (χ2v) is 4.14. The highest BCUT2D eigenvalue weighted by molar-refractivity contribution is 7.99. The summed E-state index contributed by atoms with van der Waals surface area (Å²) in [7, 11) is 0. The number of rotatable bonds is 5. The van der Waals surface area contributed by atoms with E-state index in [9.17, 15) is 0 Å². The molecule has 1 rings (SSSR count). The van der Waals surface area contributed by atoms with Crippen molar-refractivity contribution in [1.29, 1.82) is 0 Å². The topological polar surface area (TPSA) is 59.4 Å². The highest BCUT2D eigenvalue weighted by Gasteiger charge is 2.18. The van der Waals surface area contributed by atoms with E-state index in [1.54, 1.807) is 18.0 Å². The molecule has 1 aromatic heterocycles. The van der Waals surface area contributed by atoms with Gasteiger partial charge in [0.15, 0.2) is 0 Å². The molecular formula is C9H15NO2S. The van der Waals surface area contributed by atoms with Gasteiger partial charge in [-0.3, -0.25) is 0 Å². The molecule has 2 atom stereocenters. The molecule has 0 amide bonds. The Balaban J connectivity index is 2.58. The molecule has 2 unspecified atom stereocenters.